The topological polar surface area (TPSA) is 113 Å². The summed E-state index contributed by atoms with van der Waals surface area (Å²) in [5.74, 6) is 0.260. The SMILES string of the molecule is O=C(CCCOc1ccccc1)NCCNC(=O)c1ccc(=O)[nH]n1. The smallest absolute Gasteiger partial charge is 0.271 e. The predicted octanol–water partition coefficient (Wildman–Crippen LogP) is 0.475. The second-order valence-corrected chi connectivity index (χ2v) is 5.18. The van der Waals surface area contributed by atoms with Crippen molar-refractivity contribution >= 4 is 11.8 Å². The van der Waals surface area contributed by atoms with E-state index in [0.717, 1.165) is 5.75 Å². The third-order valence-corrected chi connectivity index (χ3v) is 3.20. The summed E-state index contributed by atoms with van der Waals surface area (Å²) in [5, 5.41) is 11.1. The zero-order valence-electron chi connectivity index (χ0n) is 13.7. The Kier molecular flexibility index (Phi) is 7.17. The van der Waals surface area contributed by atoms with Crippen molar-refractivity contribution in [3.8, 4) is 5.75 Å². The van der Waals surface area contributed by atoms with E-state index in [9.17, 15) is 14.4 Å². The van der Waals surface area contributed by atoms with Crippen LogP contribution in [0.2, 0.25) is 0 Å². The van der Waals surface area contributed by atoms with Crippen LogP contribution in [0.15, 0.2) is 47.3 Å². The van der Waals surface area contributed by atoms with E-state index in [1.165, 1.54) is 12.1 Å². The maximum atomic E-state index is 11.7. The molecule has 1 aromatic heterocycles. The molecule has 1 aromatic carbocycles. The lowest BCUT2D eigenvalue weighted by molar-refractivity contribution is -0.121. The number of carbonyl (C=O) groups excluding carboxylic acids is 2. The van der Waals surface area contributed by atoms with E-state index in [2.05, 4.69) is 20.8 Å². The van der Waals surface area contributed by atoms with Gasteiger partial charge in [0.2, 0.25) is 5.91 Å². The number of ether oxygens (including phenoxy) is 1. The zero-order valence-corrected chi connectivity index (χ0v) is 13.7. The largest absolute Gasteiger partial charge is 0.494 e. The summed E-state index contributed by atoms with van der Waals surface area (Å²) in [6.45, 7) is 1.05. The summed E-state index contributed by atoms with van der Waals surface area (Å²) in [5.41, 5.74) is -0.260. The first kappa shape index (κ1) is 18.2. The first-order chi connectivity index (χ1) is 12.1. The fourth-order valence-corrected chi connectivity index (χ4v) is 1.97. The Morgan fingerprint density at radius 2 is 1.80 bits per heavy atom. The zero-order chi connectivity index (χ0) is 17.9. The molecule has 0 radical (unpaired) electrons. The van der Waals surface area contributed by atoms with Crippen molar-refractivity contribution in [2.75, 3.05) is 19.7 Å². The first-order valence-corrected chi connectivity index (χ1v) is 7.93. The van der Waals surface area contributed by atoms with Gasteiger partial charge in [0, 0.05) is 25.6 Å². The van der Waals surface area contributed by atoms with Gasteiger partial charge in [0.05, 0.1) is 6.61 Å². The molecule has 8 heteroatoms. The summed E-state index contributed by atoms with van der Waals surface area (Å²) in [6.07, 6.45) is 0.955. The monoisotopic (exact) mass is 344 g/mol. The fraction of sp³-hybridized carbons (Fsp3) is 0.294. The fourth-order valence-electron chi connectivity index (χ4n) is 1.97. The van der Waals surface area contributed by atoms with Crippen molar-refractivity contribution in [1.29, 1.82) is 0 Å². The average Bonchev–Trinajstić information content (AvgIpc) is 2.63. The minimum absolute atomic E-state index is 0.104. The molecule has 25 heavy (non-hydrogen) atoms. The summed E-state index contributed by atoms with van der Waals surface area (Å²) in [7, 11) is 0. The van der Waals surface area contributed by atoms with Gasteiger partial charge >= 0.3 is 0 Å². The van der Waals surface area contributed by atoms with Crippen LogP contribution < -0.4 is 20.9 Å². The van der Waals surface area contributed by atoms with Gasteiger partial charge in [0.25, 0.3) is 11.5 Å². The van der Waals surface area contributed by atoms with Gasteiger partial charge in [0.15, 0.2) is 0 Å². The molecular weight excluding hydrogens is 324 g/mol. The Hall–Kier alpha value is -3.16. The second kappa shape index (κ2) is 9.86. The lowest BCUT2D eigenvalue weighted by Gasteiger charge is -2.08. The summed E-state index contributed by atoms with van der Waals surface area (Å²) in [4.78, 5) is 34.3. The third kappa shape index (κ3) is 6.86. The number of H-pyrrole nitrogens is 1. The predicted molar refractivity (Wildman–Crippen MR) is 91.4 cm³/mol. The Morgan fingerprint density at radius 3 is 2.52 bits per heavy atom. The molecular formula is C17H20N4O4. The van der Waals surface area contributed by atoms with Gasteiger partial charge in [-0.2, -0.15) is 5.10 Å². The molecule has 0 unspecified atom stereocenters. The molecule has 0 aliphatic carbocycles. The highest BCUT2D eigenvalue weighted by atomic mass is 16.5. The molecule has 0 aliphatic heterocycles. The maximum absolute atomic E-state index is 11.7. The van der Waals surface area contributed by atoms with Gasteiger partial charge in [0.1, 0.15) is 11.4 Å². The first-order valence-electron chi connectivity index (χ1n) is 7.93. The van der Waals surface area contributed by atoms with Crippen LogP contribution in [0.5, 0.6) is 5.75 Å². The summed E-state index contributed by atoms with van der Waals surface area (Å²) in [6, 6.07) is 12.0. The van der Waals surface area contributed by atoms with Crippen molar-refractivity contribution in [3.05, 3.63) is 58.5 Å². The Labute approximate surface area is 144 Å². The van der Waals surface area contributed by atoms with Crippen molar-refractivity contribution in [2.45, 2.75) is 12.8 Å². The van der Waals surface area contributed by atoms with E-state index in [1.807, 2.05) is 30.3 Å². The lowest BCUT2D eigenvalue weighted by Crippen LogP contribution is -2.35. The number of amides is 2. The van der Waals surface area contributed by atoms with Crippen LogP contribution >= 0.6 is 0 Å². The van der Waals surface area contributed by atoms with Crippen LogP contribution in [0.4, 0.5) is 0 Å². The number of carbonyl (C=O) groups is 2. The number of nitrogens with one attached hydrogen (secondary N) is 3. The molecule has 0 spiro atoms. The number of hydrogen-bond donors (Lipinski definition) is 3. The minimum Gasteiger partial charge on any atom is -0.494 e. The van der Waals surface area contributed by atoms with E-state index in [4.69, 9.17) is 4.74 Å². The molecule has 0 bridgehead atoms. The quantitative estimate of drug-likeness (QED) is 0.573. The number of rotatable bonds is 9. The minimum atomic E-state index is -0.415. The van der Waals surface area contributed by atoms with Crippen molar-refractivity contribution in [2.24, 2.45) is 0 Å². The molecule has 1 heterocycles. The number of aromatic nitrogens is 2. The van der Waals surface area contributed by atoms with Gasteiger partial charge in [-0.25, -0.2) is 5.10 Å². The second-order valence-electron chi connectivity index (χ2n) is 5.18. The number of aromatic amines is 1. The van der Waals surface area contributed by atoms with Crippen LogP contribution in [0.3, 0.4) is 0 Å². The molecule has 0 aliphatic rings. The molecule has 0 saturated heterocycles. The normalized spacial score (nSPS) is 10.1. The number of benzene rings is 1. The van der Waals surface area contributed by atoms with Crippen LogP contribution in [-0.4, -0.2) is 41.7 Å². The van der Waals surface area contributed by atoms with Crippen molar-refractivity contribution in [3.63, 3.8) is 0 Å². The van der Waals surface area contributed by atoms with Gasteiger partial charge in [-0.1, -0.05) is 18.2 Å². The van der Waals surface area contributed by atoms with Gasteiger partial charge in [-0.15, -0.1) is 0 Å². The van der Waals surface area contributed by atoms with E-state index in [1.54, 1.807) is 0 Å². The number of hydrogen-bond acceptors (Lipinski definition) is 5. The van der Waals surface area contributed by atoms with Crippen LogP contribution in [0, 0.1) is 0 Å². The molecule has 8 nitrogen and oxygen atoms in total. The lowest BCUT2D eigenvalue weighted by atomic mass is 10.3. The highest BCUT2D eigenvalue weighted by Crippen LogP contribution is 2.08. The van der Waals surface area contributed by atoms with Gasteiger partial charge in [-0.05, 0) is 24.6 Å². The molecule has 2 rings (SSSR count). The van der Waals surface area contributed by atoms with E-state index >= 15 is 0 Å². The van der Waals surface area contributed by atoms with Crippen LogP contribution in [-0.2, 0) is 4.79 Å². The summed E-state index contributed by atoms with van der Waals surface area (Å²) < 4.78 is 5.50. The van der Waals surface area contributed by atoms with Gasteiger partial charge < -0.3 is 15.4 Å². The summed E-state index contributed by atoms with van der Waals surface area (Å²) >= 11 is 0. The van der Waals surface area contributed by atoms with Gasteiger partial charge in [-0.3, -0.25) is 14.4 Å². The Bertz CT molecular complexity index is 725. The van der Waals surface area contributed by atoms with Crippen molar-refractivity contribution in [1.82, 2.24) is 20.8 Å². The average molecular weight is 344 g/mol. The molecule has 0 fully saturated rings. The molecule has 2 amide bonds. The standard InChI is InChI=1S/C17H20N4O4/c22-15(7-4-12-25-13-5-2-1-3-6-13)18-10-11-19-17(24)14-8-9-16(23)21-20-14/h1-3,5-6,8-9H,4,7,10-12H2,(H,18,22)(H,19,24)(H,21,23). The number of nitrogens with zero attached hydrogens (tertiary/aromatic N) is 1. The van der Waals surface area contributed by atoms with E-state index in [0.29, 0.717) is 26.0 Å². The maximum Gasteiger partial charge on any atom is 0.271 e. The van der Waals surface area contributed by atoms with Crippen molar-refractivity contribution < 1.29 is 14.3 Å². The molecule has 132 valence electrons. The Morgan fingerprint density at radius 1 is 1.04 bits per heavy atom. The molecule has 0 saturated carbocycles. The molecule has 0 atom stereocenters. The van der Waals surface area contributed by atoms with Crippen LogP contribution in [0.1, 0.15) is 23.3 Å². The number of para-hydroxylation sites is 1. The molecule has 2 aromatic rings. The van der Waals surface area contributed by atoms with E-state index < -0.39 is 5.91 Å². The Balaban J connectivity index is 1.54. The highest BCUT2D eigenvalue weighted by molar-refractivity contribution is 5.91. The molecule has 3 N–H and O–H groups in total. The highest BCUT2D eigenvalue weighted by Gasteiger charge is 2.06. The third-order valence-electron chi connectivity index (χ3n) is 3.20. The van der Waals surface area contributed by atoms with E-state index in [-0.39, 0.29) is 23.7 Å². The van der Waals surface area contributed by atoms with Crippen LogP contribution in [0.25, 0.3) is 0 Å².